The molecule has 5 nitrogen and oxygen atoms in total. The lowest BCUT2D eigenvalue weighted by Crippen LogP contribution is -2.31. The number of hydrogen-bond donors (Lipinski definition) is 1. The van der Waals surface area contributed by atoms with Crippen molar-refractivity contribution in [2.45, 2.75) is 26.8 Å². The van der Waals surface area contributed by atoms with Crippen molar-refractivity contribution < 1.29 is 19.0 Å². The Kier molecular flexibility index (Phi) is 7.78. The molecule has 0 fully saturated rings. The number of carbonyl (C=O) groups excluding carboxylic acids is 1. The second-order valence-electron chi connectivity index (χ2n) is 5.61. The molecule has 0 aliphatic heterocycles. The molecule has 2 aromatic rings. The van der Waals surface area contributed by atoms with Crippen LogP contribution in [0.5, 0.6) is 17.2 Å². The molecule has 0 radical (unpaired) electrons. The van der Waals surface area contributed by atoms with Gasteiger partial charge in [0.25, 0.3) is 5.91 Å². The van der Waals surface area contributed by atoms with Crippen molar-refractivity contribution >= 4 is 21.8 Å². The van der Waals surface area contributed by atoms with E-state index in [9.17, 15) is 4.79 Å². The largest absolute Gasteiger partial charge is 0.490 e. The van der Waals surface area contributed by atoms with Gasteiger partial charge in [-0.1, -0.05) is 28.1 Å². The maximum atomic E-state index is 12.2. The molecular formula is C20H24BrNO4. The highest BCUT2D eigenvalue weighted by atomic mass is 79.9. The Labute approximate surface area is 162 Å². The number of ether oxygens (including phenoxy) is 3. The predicted molar refractivity (Wildman–Crippen MR) is 105 cm³/mol. The van der Waals surface area contributed by atoms with E-state index in [-0.39, 0.29) is 18.6 Å². The van der Waals surface area contributed by atoms with Crippen molar-refractivity contribution in [1.82, 2.24) is 5.32 Å². The fourth-order valence-electron chi connectivity index (χ4n) is 2.41. The van der Waals surface area contributed by atoms with Gasteiger partial charge >= 0.3 is 0 Å². The van der Waals surface area contributed by atoms with Gasteiger partial charge in [0.2, 0.25) is 0 Å². The Morgan fingerprint density at radius 2 is 1.77 bits per heavy atom. The van der Waals surface area contributed by atoms with Crippen molar-refractivity contribution in [1.29, 1.82) is 0 Å². The van der Waals surface area contributed by atoms with Crippen LogP contribution in [0.25, 0.3) is 0 Å². The van der Waals surface area contributed by atoms with Crippen molar-refractivity contribution in [3.05, 3.63) is 52.5 Å². The maximum Gasteiger partial charge on any atom is 0.258 e. The Morgan fingerprint density at radius 1 is 1.04 bits per heavy atom. The monoisotopic (exact) mass is 421 g/mol. The predicted octanol–water partition coefficient (Wildman–Crippen LogP) is 4.50. The molecular weight excluding hydrogens is 398 g/mol. The van der Waals surface area contributed by atoms with Gasteiger partial charge in [-0.2, -0.15) is 0 Å². The minimum absolute atomic E-state index is 0.0455. The van der Waals surface area contributed by atoms with Gasteiger partial charge in [0, 0.05) is 4.47 Å². The van der Waals surface area contributed by atoms with Gasteiger partial charge in [-0.25, -0.2) is 0 Å². The number of amides is 1. The normalized spacial score (nSPS) is 11.5. The van der Waals surface area contributed by atoms with E-state index < -0.39 is 0 Å². The Hall–Kier alpha value is -2.21. The van der Waals surface area contributed by atoms with Crippen LogP contribution in [-0.4, -0.2) is 25.7 Å². The van der Waals surface area contributed by atoms with Gasteiger partial charge < -0.3 is 19.5 Å². The van der Waals surface area contributed by atoms with E-state index in [0.717, 1.165) is 10.0 Å². The second-order valence-corrected chi connectivity index (χ2v) is 6.52. The zero-order chi connectivity index (χ0) is 18.9. The Balaban J connectivity index is 1.96. The highest BCUT2D eigenvalue weighted by Gasteiger charge is 2.13. The second kappa shape index (κ2) is 10.1. The maximum absolute atomic E-state index is 12.2. The molecule has 2 rings (SSSR count). The summed E-state index contributed by atoms with van der Waals surface area (Å²) in [5, 5.41) is 2.93. The lowest BCUT2D eigenvalue weighted by atomic mass is 10.1. The molecule has 0 spiro atoms. The van der Waals surface area contributed by atoms with E-state index in [1.807, 2.05) is 63.2 Å². The van der Waals surface area contributed by atoms with Crippen LogP contribution in [0.15, 0.2) is 46.9 Å². The zero-order valence-corrected chi connectivity index (χ0v) is 16.8. The quantitative estimate of drug-likeness (QED) is 0.647. The van der Waals surface area contributed by atoms with E-state index >= 15 is 0 Å². The van der Waals surface area contributed by atoms with Crippen LogP contribution >= 0.6 is 15.9 Å². The molecule has 0 aromatic heterocycles. The first-order chi connectivity index (χ1) is 12.5. The smallest absolute Gasteiger partial charge is 0.258 e. The van der Waals surface area contributed by atoms with Crippen LogP contribution in [0.4, 0.5) is 0 Å². The van der Waals surface area contributed by atoms with Crippen molar-refractivity contribution in [2.75, 3.05) is 19.8 Å². The summed E-state index contributed by atoms with van der Waals surface area (Å²) in [6.07, 6.45) is 0. The SMILES string of the molecule is CCOc1ccc([C@@H](C)NC(=O)COc2cccc(Br)c2)cc1OCC. The third-order valence-electron chi connectivity index (χ3n) is 3.61. The number of benzene rings is 2. The first kappa shape index (κ1) is 20.1. The molecule has 6 heteroatoms. The summed E-state index contributed by atoms with van der Waals surface area (Å²) >= 11 is 3.37. The number of halogens is 1. The third kappa shape index (κ3) is 5.95. The van der Waals surface area contributed by atoms with Gasteiger partial charge in [-0.15, -0.1) is 0 Å². The van der Waals surface area contributed by atoms with E-state index in [0.29, 0.717) is 30.5 Å². The number of rotatable bonds is 9. The van der Waals surface area contributed by atoms with E-state index in [1.165, 1.54) is 0 Å². The molecule has 0 bridgehead atoms. The first-order valence-corrected chi connectivity index (χ1v) is 9.40. The summed E-state index contributed by atoms with van der Waals surface area (Å²) < 4.78 is 17.6. The minimum Gasteiger partial charge on any atom is -0.490 e. The summed E-state index contributed by atoms with van der Waals surface area (Å²) in [5.74, 6) is 1.83. The molecule has 2 aromatic carbocycles. The number of hydrogen-bond acceptors (Lipinski definition) is 4. The third-order valence-corrected chi connectivity index (χ3v) is 4.10. The topological polar surface area (TPSA) is 56.8 Å². The van der Waals surface area contributed by atoms with Crippen LogP contribution in [0.2, 0.25) is 0 Å². The van der Waals surface area contributed by atoms with E-state index in [2.05, 4.69) is 21.2 Å². The van der Waals surface area contributed by atoms with Crippen LogP contribution in [0, 0.1) is 0 Å². The molecule has 0 saturated heterocycles. The molecule has 0 aliphatic rings. The summed E-state index contributed by atoms with van der Waals surface area (Å²) in [4.78, 5) is 12.2. The van der Waals surface area contributed by atoms with Gasteiger partial charge in [-0.3, -0.25) is 4.79 Å². The van der Waals surface area contributed by atoms with Gasteiger partial charge in [0.15, 0.2) is 18.1 Å². The fourth-order valence-corrected chi connectivity index (χ4v) is 2.79. The number of carbonyl (C=O) groups is 1. The molecule has 140 valence electrons. The summed E-state index contributed by atoms with van der Waals surface area (Å²) in [7, 11) is 0. The average molecular weight is 422 g/mol. The molecule has 0 unspecified atom stereocenters. The van der Waals surface area contributed by atoms with Crippen molar-refractivity contribution in [3.8, 4) is 17.2 Å². The van der Waals surface area contributed by atoms with Crippen LogP contribution < -0.4 is 19.5 Å². The lowest BCUT2D eigenvalue weighted by molar-refractivity contribution is -0.123. The molecule has 26 heavy (non-hydrogen) atoms. The van der Waals surface area contributed by atoms with E-state index in [4.69, 9.17) is 14.2 Å². The Morgan fingerprint density at radius 3 is 2.46 bits per heavy atom. The Bertz CT molecular complexity index is 736. The lowest BCUT2D eigenvalue weighted by Gasteiger charge is -2.17. The van der Waals surface area contributed by atoms with E-state index in [1.54, 1.807) is 0 Å². The standard InChI is InChI=1S/C20H24BrNO4/c1-4-24-18-10-9-15(11-19(18)25-5-2)14(3)22-20(23)13-26-17-8-6-7-16(21)12-17/h6-12,14H,4-5,13H2,1-3H3,(H,22,23)/t14-/m1/s1. The fraction of sp³-hybridized carbons (Fsp3) is 0.350. The minimum atomic E-state index is -0.190. The summed E-state index contributed by atoms with van der Waals surface area (Å²) in [6.45, 7) is 6.84. The first-order valence-electron chi connectivity index (χ1n) is 8.60. The van der Waals surface area contributed by atoms with Crippen LogP contribution in [-0.2, 0) is 4.79 Å². The molecule has 0 heterocycles. The van der Waals surface area contributed by atoms with Gasteiger partial charge in [0.1, 0.15) is 5.75 Å². The van der Waals surface area contributed by atoms with Crippen LogP contribution in [0.3, 0.4) is 0 Å². The molecule has 1 N–H and O–H groups in total. The molecule has 0 aliphatic carbocycles. The number of nitrogens with one attached hydrogen (secondary N) is 1. The summed E-state index contributed by atoms with van der Waals surface area (Å²) in [5.41, 5.74) is 0.938. The van der Waals surface area contributed by atoms with Crippen molar-refractivity contribution in [3.63, 3.8) is 0 Å². The summed E-state index contributed by atoms with van der Waals surface area (Å²) in [6, 6.07) is 12.9. The van der Waals surface area contributed by atoms with Crippen LogP contribution in [0.1, 0.15) is 32.4 Å². The molecule has 0 saturated carbocycles. The molecule has 1 atom stereocenters. The zero-order valence-electron chi connectivity index (χ0n) is 15.3. The molecule has 1 amide bonds. The highest BCUT2D eigenvalue weighted by molar-refractivity contribution is 9.10. The van der Waals surface area contributed by atoms with Crippen molar-refractivity contribution in [2.24, 2.45) is 0 Å². The average Bonchev–Trinajstić information content (AvgIpc) is 2.62. The highest BCUT2D eigenvalue weighted by Crippen LogP contribution is 2.30. The van der Waals surface area contributed by atoms with Gasteiger partial charge in [-0.05, 0) is 56.7 Å². The van der Waals surface area contributed by atoms with Gasteiger partial charge in [0.05, 0.1) is 19.3 Å².